The second-order valence-electron chi connectivity index (χ2n) is 2.37. The van der Waals surface area contributed by atoms with Crippen molar-refractivity contribution in [2.45, 2.75) is 24.6 Å². The van der Waals surface area contributed by atoms with Gasteiger partial charge in [-0.15, -0.1) is 0 Å². The van der Waals surface area contributed by atoms with Gasteiger partial charge in [0.1, 0.15) is 0 Å². The van der Waals surface area contributed by atoms with Gasteiger partial charge >= 0.3 is 92.8 Å². The Hall–Kier alpha value is 1.35. The van der Waals surface area contributed by atoms with Crippen LogP contribution in [0.5, 0.6) is 0 Å². The Morgan fingerprint density at radius 3 is 1.67 bits per heavy atom. The van der Waals surface area contributed by atoms with Crippen molar-refractivity contribution in [3.05, 3.63) is 0 Å². The molecule has 2 nitrogen and oxygen atoms in total. The minimum atomic E-state index is -2.07. The Labute approximate surface area is 92.6 Å². The SMILES string of the molecule is CC(Cl)CO[As](Cl)OCC(C)Cl. The Kier molecular flexibility index (Phi) is 8.59. The van der Waals surface area contributed by atoms with E-state index in [4.69, 9.17) is 40.6 Å². The van der Waals surface area contributed by atoms with E-state index in [0.29, 0.717) is 13.2 Å². The molecule has 0 aliphatic carbocycles. The fraction of sp³-hybridized carbons (Fsp3) is 1.00. The molecule has 2 unspecified atom stereocenters. The van der Waals surface area contributed by atoms with Crippen molar-refractivity contribution in [2.75, 3.05) is 13.2 Å². The normalized spacial score (nSPS) is 18.8. The van der Waals surface area contributed by atoms with Crippen LogP contribution in [0.3, 0.4) is 0 Å². The molecule has 2 atom stereocenters. The van der Waals surface area contributed by atoms with Gasteiger partial charge in [-0.05, 0) is 0 Å². The predicted molar refractivity (Wildman–Crippen MR) is 54.1 cm³/mol. The third kappa shape index (κ3) is 9.44. The van der Waals surface area contributed by atoms with Crippen molar-refractivity contribution >= 4 is 47.5 Å². The maximum absolute atomic E-state index is 5.75. The molecule has 0 heterocycles. The van der Waals surface area contributed by atoms with Crippen LogP contribution in [0.4, 0.5) is 0 Å². The Morgan fingerprint density at radius 2 is 1.42 bits per heavy atom. The van der Waals surface area contributed by atoms with Gasteiger partial charge in [-0.25, -0.2) is 0 Å². The van der Waals surface area contributed by atoms with Crippen molar-refractivity contribution < 1.29 is 7.45 Å². The molecule has 74 valence electrons. The van der Waals surface area contributed by atoms with E-state index in [1.807, 2.05) is 13.8 Å². The average Bonchev–Trinajstić information content (AvgIpc) is 1.96. The molecule has 12 heavy (non-hydrogen) atoms. The van der Waals surface area contributed by atoms with Crippen molar-refractivity contribution in [1.82, 2.24) is 0 Å². The van der Waals surface area contributed by atoms with Crippen molar-refractivity contribution in [3.63, 3.8) is 0 Å². The Morgan fingerprint density at radius 1 is 1.08 bits per heavy atom. The van der Waals surface area contributed by atoms with E-state index >= 15 is 0 Å². The molecule has 0 aromatic heterocycles. The third-order valence-electron chi connectivity index (χ3n) is 0.811. The summed E-state index contributed by atoms with van der Waals surface area (Å²) in [6, 6.07) is 0. The van der Waals surface area contributed by atoms with Gasteiger partial charge in [0.05, 0.1) is 0 Å². The average molecular weight is 297 g/mol. The summed E-state index contributed by atoms with van der Waals surface area (Å²) in [5.41, 5.74) is 0. The van der Waals surface area contributed by atoms with E-state index in [2.05, 4.69) is 0 Å². The summed E-state index contributed by atoms with van der Waals surface area (Å²) in [5, 5.41) is -0.0599. The van der Waals surface area contributed by atoms with Crippen LogP contribution in [0.15, 0.2) is 0 Å². The molecule has 0 spiro atoms. The molecule has 0 aromatic carbocycles. The molecular weight excluding hydrogens is 285 g/mol. The van der Waals surface area contributed by atoms with Gasteiger partial charge in [0.15, 0.2) is 0 Å². The second-order valence-corrected chi connectivity index (χ2v) is 7.27. The topological polar surface area (TPSA) is 18.5 Å². The molecule has 0 amide bonds. The third-order valence-corrected chi connectivity index (χ3v) is 3.55. The van der Waals surface area contributed by atoms with Crippen LogP contribution in [0.2, 0.25) is 0 Å². The zero-order valence-electron chi connectivity index (χ0n) is 6.97. The maximum atomic E-state index is 5.75. The van der Waals surface area contributed by atoms with Gasteiger partial charge in [-0.1, -0.05) is 0 Å². The van der Waals surface area contributed by atoms with E-state index in [1.165, 1.54) is 0 Å². The minimum absolute atomic E-state index is 0.0300. The van der Waals surface area contributed by atoms with Gasteiger partial charge in [-0.3, -0.25) is 0 Å². The molecule has 0 fully saturated rings. The number of hydrogen-bond acceptors (Lipinski definition) is 2. The molecule has 0 rings (SSSR count). The van der Waals surface area contributed by atoms with Crippen LogP contribution in [0, 0.1) is 0 Å². The molecule has 0 aliphatic rings. The van der Waals surface area contributed by atoms with Crippen LogP contribution in [0.25, 0.3) is 0 Å². The van der Waals surface area contributed by atoms with E-state index in [1.54, 1.807) is 0 Å². The Bertz CT molecular complexity index is 101. The molecule has 0 saturated carbocycles. The molecule has 0 radical (unpaired) electrons. The zero-order valence-corrected chi connectivity index (χ0v) is 11.1. The number of halogens is 3. The van der Waals surface area contributed by atoms with Gasteiger partial charge in [0.25, 0.3) is 0 Å². The first-order valence-corrected chi connectivity index (χ1v) is 8.39. The molecule has 0 aliphatic heterocycles. The summed E-state index contributed by atoms with van der Waals surface area (Å²) >= 11 is 9.21. The number of rotatable bonds is 6. The first kappa shape index (κ1) is 13.3. The van der Waals surface area contributed by atoms with Gasteiger partial charge in [0.2, 0.25) is 0 Å². The Balaban J connectivity index is 3.27. The van der Waals surface area contributed by atoms with Crippen LogP contribution in [0.1, 0.15) is 13.8 Å². The molecule has 0 aromatic rings. The summed E-state index contributed by atoms with van der Waals surface area (Å²) in [5.74, 6) is 0. The monoisotopic (exact) mass is 296 g/mol. The van der Waals surface area contributed by atoms with Gasteiger partial charge in [-0.2, -0.15) is 0 Å². The summed E-state index contributed by atoms with van der Waals surface area (Å²) in [7, 11) is 5.75. The van der Waals surface area contributed by atoms with E-state index in [-0.39, 0.29) is 10.8 Å². The standard InChI is InChI=1S/C6H12AsCl3O2/c1-5(8)3-11-7(10)12-4-6(2)9/h5-6H,3-4H2,1-2H3. The van der Waals surface area contributed by atoms with Crippen LogP contribution in [-0.4, -0.2) is 38.4 Å². The quantitative estimate of drug-likeness (QED) is 0.554. The van der Waals surface area contributed by atoms with Gasteiger partial charge < -0.3 is 0 Å². The van der Waals surface area contributed by atoms with E-state index in [0.717, 1.165) is 0 Å². The summed E-state index contributed by atoms with van der Waals surface area (Å²) in [4.78, 5) is 0. The van der Waals surface area contributed by atoms with Crippen LogP contribution in [-0.2, 0) is 7.45 Å². The molecule has 0 N–H and O–H groups in total. The summed E-state index contributed by atoms with van der Waals surface area (Å²) in [6.07, 6.45) is 0. The first-order valence-electron chi connectivity index (χ1n) is 3.52. The molecule has 0 saturated heterocycles. The van der Waals surface area contributed by atoms with Crippen LogP contribution >= 0.6 is 33.2 Å². The number of hydrogen-bond donors (Lipinski definition) is 0. The summed E-state index contributed by atoms with van der Waals surface area (Å²) in [6.45, 7) is 4.54. The summed E-state index contributed by atoms with van der Waals surface area (Å²) < 4.78 is 10.3. The zero-order chi connectivity index (χ0) is 9.56. The van der Waals surface area contributed by atoms with Crippen molar-refractivity contribution in [1.29, 1.82) is 0 Å². The molecular formula is C6H12AsCl3O2. The molecule has 6 heteroatoms. The van der Waals surface area contributed by atoms with E-state index in [9.17, 15) is 0 Å². The van der Waals surface area contributed by atoms with Crippen LogP contribution < -0.4 is 0 Å². The van der Waals surface area contributed by atoms with Crippen molar-refractivity contribution in [2.24, 2.45) is 0 Å². The van der Waals surface area contributed by atoms with Crippen molar-refractivity contribution in [3.8, 4) is 0 Å². The number of alkyl halides is 2. The first-order chi connectivity index (χ1) is 5.52. The predicted octanol–water partition coefficient (Wildman–Crippen LogP) is 2.50. The fourth-order valence-corrected chi connectivity index (χ4v) is 3.04. The fourth-order valence-electron chi connectivity index (χ4n) is 0.360. The molecule has 0 bridgehead atoms. The van der Waals surface area contributed by atoms with Gasteiger partial charge in [0, 0.05) is 0 Å². The second kappa shape index (κ2) is 7.72. The van der Waals surface area contributed by atoms with E-state index < -0.39 is 14.4 Å².